The summed E-state index contributed by atoms with van der Waals surface area (Å²) in [7, 11) is 1.48. The molecule has 1 aliphatic carbocycles. The molecule has 2 aliphatic rings. The van der Waals surface area contributed by atoms with E-state index in [1.54, 1.807) is 0 Å². The number of amides is 3. The van der Waals surface area contributed by atoms with Crippen LogP contribution in [0.5, 0.6) is 0 Å². The van der Waals surface area contributed by atoms with Crippen molar-refractivity contribution >= 4 is 17.7 Å². The fourth-order valence-corrected chi connectivity index (χ4v) is 3.82. The van der Waals surface area contributed by atoms with E-state index < -0.39 is 5.91 Å². The Bertz CT molecular complexity index is 683. The van der Waals surface area contributed by atoms with Gasteiger partial charge in [0, 0.05) is 26.6 Å². The van der Waals surface area contributed by atoms with E-state index in [9.17, 15) is 14.4 Å². The Balaban J connectivity index is 1.49. The standard InChI is InChI=1S/C18H27N5O4/c1-19-18(26)16-21-14(27-22-16)9-20-17(25)13-7-8-15(24)23(11-13)10-12-5-3-2-4-6-12/h12-13H,2-11H2,1H3,(H,19,26)(H,20,25)/t13-/m0/s1. The van der Waals surface area contributed by atoms with Gasteiger partial charge in [0.05, 0.1) is 12.5 Å². The van der Waals surface area contributed by atoms with Crippen LogP contribution in [0.2, 0.25) is 0 Å². The number of piperidine rings is 1. The molecule has 0 spiro atoms. The predicted molar refractivity (Wildman–Crippen MR) is 95.4 cm³/mol. The Kier molecular flexibility index (Phi) is 6.41. The van der Waals surface area contributed by atoms with Crippen molar-refractivity contribution in [1.82, 2.24) is 25.7 Å². The first-order valence-electron chi connectivity index (χ1n) is 9.67. The molecule has 2 fully saturated rings. The Hall–Kier alpha value is -2.45. The number of nitrogens with zero attached hydrogens (tertiary/aromatic N) is 3. The first kappa shape index (κ1) is 19.3. The van der Waals surface area contributed by atoms with Gasteiger partial charge in [0.25, 0.3) is 11.7 Å². The third-order valence-corrected chi connectivity index (χ3v) is 5.39. The lowest BCUT2D eigenvalue weighted by Crippen LogP contribution is -2.47. The van der Waals surface area contributed by atoms with E-state index in [2.05, 4.69) is 20.8 Å². The second kappa shape index (κ2) is 8.96. The van der Waals surface area contributed by atoms with Gasteiger partial charge in [0.15, 0.2) is 0 Å². The van der Waals surface area contributed by atoms with Crippen molar-refractivity contribution in [3.63, 3.8) is 0 Å². The van der Waals surface area contributed by atoms with E-state index >= 15 is 0 Å². The number of carbonyl (C=O) groups excluding carboxylic acids is 3. The summed E-state index contributed by atoms with van der Waals surface area (Å²) in [4.78, 5) is 41.9. The molecule has 1 saturated heterocycles. The fraction of sp³-hybridized carbons (Fsp3) is 0.722. The van der Waals surface area contributed by atoms with E-state index in [4.69, 9.17) is 4.52 Å². The van der Waals surface area contributed by atoms with Crippen LogP contribution in [0.4, 0.5) is 0 Å². The maximum Gasteiger partial charge on any atom is 0.292 e. The minimum absolute atomic E-state index is 0.0654. The largest absolute Gasteiger partial charge is 0.352 e. The Morgan fingerprint density at radius 1 is 1.22 bits per heavy atom. The normalized spacial score (nSPS) is 21.1. The maximum atomic E-state index is 12.5. The number of hydrogen-bond acceptors (Lipinski definition) is 6. The molecule has 9 heteroatoms. The lowest BCUT2D eigenvalue weighted by molar-refractivity contribution is -0.139. The monoisotopic (exact) mass is 377 g/mol. The molecule has 27 heavy (non-hydrogen) atoms. The summed E-state index contributed by atoms with van der Waals surface area (Å²) in [5.41, 5.74) is 0. The van der Waals surface area contributed by atoms with Gasteiger partial charge in [-0.25, -0.2) is 0 Å². The number of rotatable bonds is 6. The molecule has 1 aromatic heterocycles. The molecule has 9 nitrogen and oxygen atoms in total. The molecule has 0 unspecified atom stereocenters. The van der Waals surface area contributed by atoms with Crippen LogP contribution in [0.15, 0.2) is 4.52 Å². The Morgan fingerprint density at radius 3 is 2.74 bits per heavy atom. The van der Waals surface area contributed by atoms with Crippen molar-refractivity contribution < 1.29 is 18.9 Å². The second-order valence-electron chi connectivity index (χ2n) is 7.35. The van der Waals surface area contributed by atoms with Gasteiger partial charge in [0.1, 0.15) is 0 Å². The van der Waals surface area contributed by atoms with Gasteiger partial charge in [-0.05, 0) is 25.2 Å². The third kappa shape index (κ3) is 5.05. The number of nitrogens with one attached hydrogen (secondary N) is 2. The average molecular weight is 377 g/mol. The SMILES string of the molecule is CNC(=O)c1noc(CNC(=O)[C@H]2CCC(=O)N(CC3CCCCC3)C2)n1. The quantitative estimate of drug-likeness (QED) is 0.759. The predicted octanol–water partition coefficient (Wildman–Crippen LogP) is 0.864. The molecule has 2 heterocycles. The lowest BCUT2D eigenvalue weighted by Gasteiger charge is -2.35. The van der Waals surface area contributed by atoms with Crippen LogP contribution in [-0.4, -0.2) is 52.9 Å². The molecule has 1 aliphatic heterocycles. The summed E-state index contributed by atoms with van der Waals surface area (Å²) < 4.78 is 4.96. The van der Waals surface area contributed by atoms with E-state index in [1.807, 2.05) is 4.90 Å². The first-order chi connectivity index (χ1) is 13.1. The summed E-state index contributed by atoms with van der Waals surface area (Å²) in [6.45, 7) is 1.30. The molecule has 2 N–H and O–H groups in total. The van der Waals surface area contributed by atoms with Crippen molar-refractivity contribution in [2.75, 3.05) is 20.1 Å². The highest BCUT2D eigenvalue weighted by atomic mass is 16.5. The van der Waals surface area contributed by atoms with Crippen LogP contribution in [-0.2, 0) is 16.1 Å². The zero-order valence-corrected chi connectivity index (χ0v) is 15.7. The molecular formula is C18H27N5O4. The van der Waals surface area contributed by atoms with Crippen molar-refractivity contribution in [2.24, 2.45) is 11.8 Å². The van der Waals surface area contributed by atoms with Crippen molar-refractivity contribution in [2.45, 2.75) is 51.5 Å². The van der Waals surface area contributed by atoms with Gasteiger partial charge in [-0.3, -0.25) is 14.4 Å². The highest BCUT2D eigenvalue weighted by Crippen LogP contribution is 2.27. The minimum atomic E-state index is -0.444. The van der Waals surface area contributed by atoms with Gasteiger partial charge < -0.3 is 20.1 Å². The average Bonchev–Trinajstić information content (AvgIpc) is 3.17. The number of likely N-dealkylation sites (tertiary alicyclic amines) is 1. The fourth-order valence-electron chi connectivity index (χ4n) is 3.82. The third-order valence-electron chi connectivity index (χ3n) is 5.39. The summed E-state index contributed by atoms with van der Waals surface area (Å²) in [5, 5.41) is 8.74. The van der Waals surface area contributed by atoms with Crippen LogP contribution in [0.25, 0.3) is 0 Å². The van der Waals surface area contributed by atoms with E-state index in [0.717, 1.165) is 6.54 Å². The van der Waals surface area contributed by atoms with Gasteiger partial charge in [-0.2, -0.15) is 4.98 Å². The molecular weight excluding hydrogens is 350 g/mol. The van der Waals surface area contributed by atoms with E-state index in [-0.39, 0.29) is 36.0 Å². The molecule has 0 radical (unpaired) electrons. The molecule has 148 valence electrons. The summed E-state index contributed by atoms with van der Waals surface area (Å²) in [5.74, 6) is 0.0169. The molecule has 0 aromatic carbocycles. The van der Waals surface area contributed by atoms with Gasteiger partial charge in [-0.1, -0.05) is 24.4 Å². The summed E-state index contributed by atoms with van der Waals surface area (Å²) in [6, 6.07) is 0. The van der Waals surface area contributed by atoms with Crippen LogP contribution >= 0.6 is 0 Å². The Labute approximate surface area is 158 Å². The first-order valence-corrected chi connectivity index (χ1v) is 9.67. The van der Waals surface area contributed by atoms with Crippen molar-refractivity contribution in [1.29, 1.82) is 0 Å². The summed E-state index contributed by atoms with van der Waals surface area (Å²) >= 11 is 0. The van der Waals surface area contributed by atoms with Gasteiger partial charge in [-0.15, -0.1) is 0 Å². The maximum absolute atomic E-state index is 12.5. The van der Waals surface area contributed by atoms with E-state index in [0.29, 0.717) is 25.3 Å². The van der Waals surface area contributed by atoms with Crippen LogP contribution in [0.1, 0.15) is 61.5 Å². The van der Waals surface area contributed by atoms with Crippen LogP contribution < -0.4 is 10.6 Å². The summed E-state index contributed by atoms with van der Waals surface area (Å²) in [6.07, 6.45) is 7.06. The minimum Gasteiger partial charge on any atom is -0.352 e. The topological polar surface area (TPSA) is 117 Å². The highest BCUT2D eigenvalue weighted by molar-refractivity contribution is 5.89. The molecule has 0 bridgehead atoms. The smallest absolute Gasteiger partial charge is 0.292 e. The van der Waals surface area contributed by atoms with Gasteiger partial charge in [0.2, 0.25) is 17.7 Å². The number of carbonyl (C=O) groups is 3. The molecule has 1 aromatic rings. The number of aromatic nitrogens is 2. The van der Waals surface area contributed by atoms with Crippen LogP contribution in [0.3, 0.4) is 0 Å². The molecule has 3 amide bonds. The van der Waals surface area contributed by atoms with E-state index in [1.165, 1.54) is 39.2 Å². The highest BCUT2D eigenvalue weighted by Gasteiger charge is 2.31. The van der Waals surface area contributed by atoms with Crippen LogP contribution in [0, 0.1) is 11.8 Å². The molecule has 1 atom stereocenters. The van der Waals surface area contributed by atoms with Gasteiger partial charge >= 0.3 is 0 Å². The molecule has 1 saturated carbocycles. The Morgan fingerprint density at radius 2 is 2.00 bits per heavy atom. The van der Waals surface area contributed by atoms with Crippen molar-refractivity contribution in [3.8, 4) is 0 Å². The zero-order valence-electron chi connectivity index (χ0n) is 15.7. The molecule has 3 rings (SSSR count). The second-order valence-corrected chi connectivity index (χ2v) is 7.35. The number of hydrogen-bond donors (Lipinski definition) is 2. The lowest BCUT2D eigenvalue weighted by atomic mass is 9.87. The van der Waals surface area contributed by atoms with Crippen molar-refractivity contribution in [3.05, 3.63) is 11.7 Å². The zero-order chi connectivity index (χ0) is 19.2.